The lowest BCUT2D eigenvalue weighted by Gasteiger charge is -2.58. The molecule has 2 fully saturated rings. The van der Waals surface area contributed by atoms with E-state index in [9.17, 15) is 4.79 Å². The number of hydrogen-bond donors (Lipinski definition) is 0. The summed E-state index contributed by atoms with van der Waals surface area (Å²) in [6.45, 7) is 8.21. The number of carbonyl (C=O) groups is 1. The number of aromatic nitrogens is 1. The number of carbonyl (C=O) groups excluding carboxylic acids is 1. The summed E-state index contributed by atoms with van der Waals surface area (Å²) in [6.07, 6.45) is 2.67. The van der Waals surface area contributed by atoms with Crippen LogP contribution in [0.5, 0.6) is 11.5 Å². The number of likely N-dealkylation sites (tertiary alicyclic amines) is 1. The van der Waals surface area contributed by atoms with Crippen LogP contribution in [0.3, 0.4) is 0 Å². The van der Waals surface area contributed by atoms with Crippen LogP contribution in [0, 0.1) is 18.3 Å². The van der Waals surface area contributed by atoms with Gasteiger partial charge in [-0.1, -0.05) is 12.1 Å². The lowest BCUT2D eigenvalue weighted by Crippen LogP contribution is -2.65. The predicted molar refractivity (Wildman–Crippen MR) is 112 cm³/mol. The molecule has 6 heteroatoms. The molecule has 2 atom stereocenters. The first-order chi connectivity index (χ1) is 14.3. The maximum absolute atomic E-state index is 12.9. The van der Waals surface area contributed by atoms with Gasteiger partial charge in [-0.25, -0.2) is 0 Å². The van der Waals surface area contributed by atoms with Crippen molar-refractivity contribution < 1.29 is 19.0 Å². The summed E-state index contributed by atoms with van der Waals surface area (Å²) in [4.78, 5) is 19.1. The van der Waals surface area contributed by atoms with Crippen molar-refractivity contribution in [3.8, 4) is 11.5 Å². The Labute approximate surface area is 177 Å². The van der Waals surface area contributed by atoms with Crippen molar-refractivity contribution in [3.05, 3.63) is 53.3 Å². The molecule has 1 aromatic heterocycles. The highest BCUT2D eigenvalue weighted by Gasteiger charge is 2.57. The Morgan fingerprint density at radius 2 is 2.03 bits per heavy atom. The Bertz CT molecular complexity index is 996. The molecule has 30 heavy (non-hydrogen) atoms. The Hall–Kier alpha value is -2.60. The molecular formula is C24H28N2O4. The van der Waals surface area contributed by atoms with Crippen LogP contribution in [0.4, 0.5) is 0 Å². The van der Waals surface area contributed by atoms with Gasteiger partial charge in [0.2, 0.25) is 0 Å². The molecule has 1 spiro atoms. The van der Waals surface area contributed by atoms with Gasteiger partial charge < -0.3 is 19.1 Å². The summed E-state index contributed by atoms with van der Waals surface area (Å²) in [5.74, 6) is 1.81. The number of methoxy groups -OCH3 is 1. The highest BCUT2D eigenvalue weighted by Crippen LogP contribution is 2.56. The van der Waals surface area contributed by atoms with Crippen LogP contribution >= 0.6 is 0 Å². The van der Waals surface area contributed by atoms with Crippen molar-refractivity contribution in [2.45, 2.75) is 38.9 Å². The van der Waals surface area contributed by atoms with Gasteiger partial charge in [-0.3, -0.25) is 9.78 Å². The number of hydrogen-bond acceptors (Lipinski definition) is 5. The Morgan fingerprint density at radius 3 is 2.77 bits per heavy atom. The van der Waals surface area contributed by atoms with E-state index in [1.807, 2.05) is 36.1 Å². The molecule has 0 saturated carbocycles. The standard InChI is InChI=1S/C24H28N2O4/c1-15-16(8-6-10-25-15)22(27)26-12-24(13-26)11-18-20(29-14-24)17-7-5-9-19(28-4)21(17)30-23(18,2)3/h5-10,18,20H,11-14H2,1-4H3/t18-,20+/m0/s1. The zero-order chi connectivity index (χ0) is 21.1. The molecule has 158 valence electrons. The van der Waals surface area contributed by atoms with Crippen LogP contribution in [0.25, 0.3) is 0 Å². The van der Waals surface area contributed by atoms with Gasteiger partial charge in [-0.05, 0) is 45.4 Å². The monoisotopic (exact) mass is 408 g/mol. The molecule has 4 heterocycles. The quantitative estimate of drug-likeness (QED) is 0.757. The first-order valence-electron chi connectivity index (χ1n) is 10.5. The second kappa shape index (κ2) is 6.71. The minimum absolute atomic E-state index is 0.00998. The van der Waals surface area contributed by atoms with E-state index < -0.39 is 0 Å². The third-order valence-corrected chi connectivity index (χ3v) is 6.96. The van der Waals surface area contributed by atoms with Gasteiger partial charge in [0.25, 0.3) is 5.91 Å². The SMILES string of the molecule is COc1cccc2c1OC(C)(C)[C@H]1CC3(CO[C@H]21)CN(C(=O)c1cccnc1C)C3. The van der Waals surface area contributed by atoms with Gasteiger partial charge in [0, 0.05) is 41.9 Å². The molecule has 3 aliphatic heterocycles. The smallest absolute Gasteiger partial charge is 0.255 e. The van der Waals surface area contributed by atoms with E-state index in [-0.39, 0.29) is 28.9 Å². The average Bonchev–Trinajstić information content (AvgIpc) is 2.71. The number of nitrogens with zero attached hydrogens (tertiary/aromatic N) is 2. The second-order valence-electron chi connectivity index (χ2n) is 9.42. The summed E-state index contributed by atoms with van der Waals surface area (Å²) >= 11 is 0. The number of para-hydroxylation sites is 1. The molecule has 2 saturated heterocycles. The Kier molecular flexibility index (Phi) is 4.33. The highest BCUT2D eigenvalue weighted by molar-refractivity contribution is 5.95. The van der Waals surface area contributed by atoms with Crippen molar-refractivity contribution in [2.75, 3.05) is 26.8 Å². The summed E-state index contributed by atoms with van der Waals surface area (Å²) in [5, 5.41) is 0. The van der Waals surface area contributed by atoms with Crippen LogP contribution < -0.4 is 9.47 Å². The molecular weight excluding hydrogens is 380 g/mol. The fourth-order valence-corrected chi connectivity index (χ4v) is 5.31. The number of fused-ring (bicyclic) bond motifs is 3. The maximum Gasteiger partial charge on any atom is 0.255 e. The first kappa shape index (κ1) is 19.4. The largest absolute Gasteiger partial charge is 0.493 e. The van der Waals surface area contributed by atoms with E-state index in [2.05, 4.69) is 24.9 Å². The minimum Gasteiger partial charge on any atom is -0.493 e. The molecule has 6 nitrogen and oxygen atoms in total. The molecule has 0 N–H and O–H groups in total. The van der Waals surface area contributed by atoms with Crippen molar-refractivity contribution >= 4 is 5.91 Å². The van der Waals surface area contributed by atoms with E-state index in [0.717, 1.165) is 29.2 Å². The summed E-state index contributed by atoms with van der Waals surface area (Å²) in [7, 11) is 1.67. The maximum atomic E-state index is 12.9. The van der Waals surface area contributed by atoms with Gasteiger partial charge >= 0.3 is 0 Å². The fraction of sp³-hybridized carbons (Fsp3) is 0.500. The van der Waals surface area contributed by atoms with E-state index in [0.29, 0.717) is 25.3 Å². The summed E-state index contributed by atoms with van der Waals surface area (Å²) < 4.78 is 18.4. The number of pyridine rings is 1. The van der Waals surface area contributed by atoms with Crippen molar-refractivity contribution in [1.82, 2.24) is 9.88 Å². The third-order valence-electron chi connectivity index (χ3n) is 6.96. The molecule has 0 unspecified atom stereocenters. The topological polar surface area (TPSA) is 60.9 Å². The summed E-state index contributed by atoms with van der Waals surface area (Å²) in [6, 6.07) is 9.66. The highest BCUT2D eigenvalue weighted by atomic mass is 16.5. The van der Waals surface area contributed by atoms with Crippen LogP contribution in [-0.2, 0) is 4.74 Å². The van der Waals surface area contributed by atoms with Crippen LogP contribution in [0.2, 0.25) is 0 Å². The van der Waals surface area contributed by atoms with Gasteiger partial charge in [-0.2, -0.15) is 0 Å². The molecule has 3 aliphatic rings. The second-order valence-corrected chi connectivity index (χ2v) is 9.42. The van der Waals surface area contributed by atoms with Gasteiger partial charge in [0.1, 0.15) is 5.60 Å². The number of rotatable bonds is 2. The number of benzene rings is 1. The van der Waals surface area contributed by atoms with Crippen molar-refractivity contribution in [1.29, 1.82) is 0 Å². The lowest BCUT2D eigenvalue weighted by molar-refractivity contribution is -0.192. The number of ether oxygens (including phenoxy) is 3. The zero-order valence-corrected chi connectivity index (χ0v) is 18.0. The van der Waals surface area contributed by atoms with Crippen LogP contribution in [-0.4, -0.2) is 48.2 Å². The Balaban J connectivity index is 1.36. The van der Waals surface area contributed by atoms with E-state index >= 15 is 0 Å². The van der Waals surface area contributed by atoms with E-state index in [1.54, 1.807) is 13.3 Å². The van der Waals surface area contributed by atoms with Gasteiger partial charge in [0.15, 0.2) is 11.5 Å². The normalized spacial score (nSPS) is 25.5. The fourth-order valence-electron chi connectivity index (χ4n) is 5.31. The van der Waals surface area contributed by atoms with Crippen LogP contribution in [0.15, 0.2) is 36.5 Å². The molecule has 0 bridgehead atoms. The molecule has 5 rings (SSSR count). The average molecular weight is 408 g/mol. The van der Waals surface area contributed by atoms with Crippen molar-refractivity contribution in [3.63, 3.8) is 0 Å². The van der Waals surface area contributed by atoms with Gasteiger partial charge in [-0.15, -0.1) is 0 Å². The molecule has 0 aliphatic carbocycles. The molecule has 1 aromatic carbocycles. The van der Waals surface area contributed by atoms with Crippen molar-refractivity contribution in [2.24, 2.45) is 11.3 Å². The number of amides is 1. The molecule has 2 aromatic rings. The molecule has 1 amide bonds. The van der Waals surface area contributed by atoms with E-state index in [1.165, 1.54) is 0 Å². The predicted octanol–water partition coefficient (Wildman–Crippen LogP) is 3.79. The first-order valence-corrected chi connectivity index (χ1v) is 10.5. The van der Waals surface area contributed by atoms with Crippen LogP contribution in [0.1, 0.15) is 48.0 Å². The minimum atomic E-state index is -0.385. The zero-order valence-electron chi connectivity index (χ0n) is 18.0. The lowest BCUT2D eigenvalue weighted by atomic mass is 9.64. The summed E-state index contributed by atoms with van der Waals surface area (Å²) in [5.41, 5.74) is 2.13. The third kappa shape index (κ3) is 2.88. The number of aryl methyl sites for hydroxylation is 1. The van der Waals surface area contributed by atoms with E-state index in [4.69, 9.17) is 14.2 Å². The van der Waals surface area contributed by atoms with Gasteiger partial charge in [0.05, 0.1) is 25.4 Å². The molecule has 0 radical (unpaired) electrons. The Morgan fingerprint density at radius 1 is 1.23 bits per heavy atom.